The van der Waals surface area contributed by atoms with E-state index >= 15 is 0 Å². The first-order chi connectivity index (χ1) is 12.2. The average Bonchev–Trinajstić information content (AvgIpc) is 3.11. The molecular weight excluding hydrogens is 379 g/mol. The Balaban J connectivity index is 1.97. The minimum Gasteiger partial charge on any atom is -0.379 e. The number of aryl methyl sites for hydroxylation is 2. The van der Waals surface area contributed by atoms with Crippen molar-refractivity contribution in [2.45, 2.75) is 20.0 Å². The lowest BCUT2D eigenvalue weighted by Gasteiger charge is -2.08. The van der Waals surface area contributed by atoms with Crippen LogP contribution in [0.3, 0.4) is 0 Å². The van der Waals surface area contributed by atoms with Crippen LogP contribution in [0, 0.1) is 13.8 Å². The molecule has 0 spiro atoms. The molecule has 1 aromatic carbocycles. The van der Waals surface area contributed by atoms with Gasteiger partial charge in [0.1, 0.15) is 5.69 Å². The molecule has 0 aliphatic carbocycles. The van der Waals surface area contributed by atoms with Gasteiger partial charge < -0.3 is 8.71 Å². The maximum Gasteiger partial charge on any atom is 0.456 e. The molecule has 0 saturated carbocycles. The zero-order valence-corrected chi connectivity index (χ0v) is 14.1. The molecule has 3 rings (SSSR count). The van der Waals surface area contributed by atoms with Gasteiger partial charge in [-0.05, 0) is 19.1 Å². The van der Waals surface area contributed by atoms with E-state index in [4.69, 9.17) is 8.71 Å². The third-order valence-corrected chi connectivity index (χ3v) is 4.24. The van der Waals surface area contributed by atoms with Crippen molar-refractivity contribution in [2.75, 3.05) is 0 Å². The number of hydrogen-bond acceptors (Lipinski definition) is 7. The first kappa shape index (κ1) is 17.9. The van der Waals surface area contributed by atoms with Crippen LogP contribution in [-0.4, -0.2) is 18.5 Å². The van der Waals surface area contributed by atoms with Gasteiger partial charge in [0.05, 0.1) is 5.56 Å². The molecule has 2 heterocycles. The van der Waals surface area contributed by atoms with Gasteiger partial charge >= 0.3 is 23.2 Å². The van der Waals surface area contributed by atoms with Crippen LogP contribution in [0.2, 0.25) is 0 Å². The fourth-order valence-electron chi connectivity index (χ4n) is 2.05. The maximum absolute atomic E-state index is 12.6. The maximum atomic E-state index is 12.6. The van der Waals surface area contributed by atoms with E-state index in [1.807, 2.05) is 0 Å². The van der Waals surface area contributed by atoms with E-state index in [-0.39, 0.29) is 22.9 Å². The van der Waals surface area contributed by atoms with Crippen molar-refractivity contribution in [2.24, 2.45) is 0 Å². The molecule has 26 heavy (non-hydrogen) atoms. The Morgan fingerprint density at radius 3 is 2.31 bits per heavy atom. The Bertz CT molecular complexity index is 1000. The molecule has 2 aromatic heterocycles. The van der Waals surface area contributed by atoms with Gasteiger partial charge in [0.25, 0.3) is 0 Å². The number of nitrogens with zero attached hydrogens (tertiary/aromatic N) is 3. The van der Waals surface area contributed by atoms with Gasteiger partial charge in [0.2, 0.25) is 11.6 Å². The Hall–Kier alpha value is -2.89. The second kappa shape index (κ2) is 6.44. The van der Waals surface area contributed by atoms with Crippen LogP contribution in [0.25, 0.3) is 11.4 Å². The molecule has 1 unspecified atom stereocenters. The zero-order chi connectivity index (χ0) is 19.1. The van der Waals surface area contributed by atoms with Crippen LogP contribution in [0.4, 0.5) is 13.2 Å². The summed E-state index contributed by atoms with van der Waals surface area (Å²) < 4.78 is 65.4. The quantitative estimate of drug-likeness (QED) is 0.676. The summed E-state index contributed by atoms with van der Waals surface area (Å²) in [5.74, 6) is -1.06. The summed E-state index contributed by atoms with van der Waals surface area (Å²) in [5.41, 5.74) is -0.497. The van der Waals surface area contributed by atoms with Crippen LogP contribution >= 0.6 is 0 Å². The normalized spacial score (nSPS) is 13.0. The molecular formula is C14H10F3N3O5S. The minimum atomic E-state index is -4.52. The molecule has 0 saturated heterocycles. The Morgan fingerprint density at radius 1 is 1.12 bits per heavy atom. The highest BCUT2D eigenvalue weighted by Crippen LogP contribution is 2.30. The highest BCUT2D eigenvalue weighted by Gasteiger charge is 2.30. The molecule has 0 fully saturated rings. The largest absolute Gasteiger partial charge is 0.456 e. The number of benzene rings is 1. The Kier molecular flexibility index (Phi) is 4.44. The number of alkyl halides is 3. The van der Waals surface area contributed by atoms with Gasteiger partial charge in [-0.2, -0.15) is 17.4 Å². The van der Waals surface area contributed by atoms with Crippen LogP contribution < -0.4 is 9.94 Å². The zero-order valence-electron chi connectivity index (χ0n) is 13.2. The van der Waals surface area contributed by atoms with Gasteiger partial charge in [-0.25, -0.2) is 4.79 Å². The fourth-order valence-corrected chi connectivity index (χ4v) is 2.94. The average molecular weight is 389 g/mol. The van der Waals surface area contributed by atoms with Crippen molar-refractivity contribution in [3.63, 3.8) is 0 Å². The minimum absolute atomic E-state index is 0.0646. The van der Waals surface area contributed by atoms with Crippen LogP contribution in [0.1, 0.15) is 17.0 Å². The summed E-state index contributed by atoms with van der Waals surface area (Å²) in [4.78, 5) is 11.8. The van der Waals surface area contributed by atoms with E-state index in [0.717, 1.165) is 24.3 Å². The second-order valence-electron chi connectivity index (χ2n) is 5.10. The molecule has 0 aliphatic rings. The molecule has 0 aliphatic heterocycles. The highest BCUT2D eigenvalue weighted by atomic mass is 32.2. The van der Waals surface area contributed by atoms with Crippen molar-refractivity contribution in [3.05, 3.63) is 51.8 Å². The summed E-state index contributed by atoms with van der Waals surface area (Å²) >= 11 is -2.42. The van der Waals surface area contributed by atoms with Gasteiger partial charge in [-0.15, -0.1) is 3.97 Å². The summed E-state index contributed by atoms with van der Waals surface area (Å²) in [5, 5.41) is 7.07. The molecule has 0 radical (unpaired) electrons. The van der Waals surface area contributed by atoms with Crippen molar-refractivity contribution >= 4 is 11.3 Å². The Labute approximate surface area is 145 Å². The Morgan fingerprint density at radius 2 is 1.77 bits per heavy atom. The van der Waals surface area contributed by atoms with E-state index in [1.54, 1.807) is 0 Å². The van der Waals surface area contributed by atoms with E-state index in [1.165, 1.54) is 13.8 Å². The van der Waals surface area contributed by atoms with E-state index in [9.17, 15) is 22.2 Å². The molecule has 0 N–H and O–H groups in total. The fraction of sp³-hybridized carbons (Fsp3) is 0.214. The molecule has 1 atom stereocenters. The first-order valence-corrected chi connectivity index (χ1v) is 8.01. The lowest BCUT2D eigenvalue weighted by atomic mass is 10.1. The van der Waals surface area contributed by atoms with E-state index in [0.29, 0.717) is 9.67 Å². The SMILES string of the molecule is Cc1noc(C)c1OS(=O)n1c(-c2ccc(C(F)(F)F)cc2)noc1=O. The molecule has 3 aromatic rings. The molecule has 8 nitrogen and oxygen atoms in total. The van der Waals surface area contributed by atoms with Crippen molar-refractivity contribution < 1.29 is 30.6 Å². The molecule has 0 bridgehead atoms. The summed E-state index contributed by atoms with van der Waals surface area (Å²) in [6.07, 6.45) is -4.52. The molecule has 12 heteroatoms. The number of hydrogen-bond donors (Lipinski definition) is 0. The van der Waals surface area contributed by atoms with Crippen molar-refractivity contribution in [3.8, 4) is 17.1 Å². The molecule has 138 valence electrons. The van der Waals surface area contributed by atoms with Crippen LogP contribution in [-0.2, 0) is 17.4 Å². The predicted octanol–water partition coefficient (Wildman–Crippen LogP) is 2.63. The van der Waals surface area contributed by atoms with E-state index in [2.05, 4.69) is 14.8 Å². The third-order valence-electron chi connectivity index (χ3n) is 3.31. The first-order valence-electron chi connectivity index (χ1n) is 6.98. The van der Waals surface area contributed by atoms with E-state index < -0.39 is 28.8 Å². The third kappa shape index (κ3) is 3.27. The van der Waals surface area contributed by atoms with Crippen LogP contribution in [0.5, 0.6) is 5.75 Å². The standard InChI is InChI=1S/C14H10F3N3O5S/c1-7-11(8(2)23-18-7)25-26(22)20-12(19-24-13(20)21)9-3-5-10(6-4-9)14(15,16)17/h3-6H,1-2H3. The lowest BCUT2D eigenvalue weighted by molar-refractivity contribution is -0.137. The highest BCUT2D eigenvalue weighted by molar-refractivity contribution is 7.79. The smallest absolute Gasteiger partial charge is 0.379 e. The van der Waals surface area contributed by atoms with Crippen LogP contribution in [0.15, 0.2) is 38.1 Å². The topological polar surface area (TPSA) is 100 Å². The number of aromatic nitrogens is 3. The summed E-state index contributed by atoms with van der Waals surface area (Å²) in [6.45, 7) is 3.05. The second-order valence-corrected chi connectivity index (χ2v) is 6.06. The summed E-state index contributed by atoms with van der Waals surface area (Å²) in [7, 11) is 0. The lowest BCUT2D eigenvalue weighted by Crippen LogP contribution is -2.23. The predicted molar refractivity (Wildman–Crippen MR) is 81.3 cm³/mol. The molecule has 0 amide bonds. The van der Waals surface area contributed by atoms with Crippen molar-refractivity contribution in [1.82, 2.24) is 14.3 Å². The number of halogens is 3. The number of rotatable bonds is 4. The van der Waals surface area contributed by atoms with Gasteiger partial charge in [-0.1, -0.05) is 22.4 Å². The van der Waals surface area contributed by atoms with Gasteiger partial charge in [0, 0.05) is 12.5 Å². The van der Waals surface area contributed by atoms with Gasteiger partial charge in [-0.3, -0.25) is 4.52 Å². The summed E-state index contributed by atoms with van der Waals surface area (Å²) in [6, 6.07) is 3.75. The van der Waals surface area contributed by atoms with Gasteiger partial charge in [0.15, 0.2) is 5.76 Å². The monoisotopic (exact) mass is 389 g/mol. The van der Waals surface area contributed by atoms with Crippen molar-refractivity contribution in [1.29, 1.82) is 0 Å².